The van der Waals surface area contributed by atoms with Crippen molar-refractivity contribution in [1.82, 2.24) is 0 Å². The molecule has 1 rings (SSSR count). The summed E-state index contributed by atoms with van der Waals surface area (Å²) < 4.78 is 5.39. The minimum Gasteiger partial charge on any atom is -0.394 e. The predicted molar refractivity (Wildman–Crippen MR) is 43.5 cm³/mol. The fraction of sp³-hybridized carbons (Fsp3) is 1.00. The van der Waals surface area contributed by atoms with E-state index in [2.05, 4.69) is 10.0 Å². The normalized spacial score (nSPS) is 34.7. The molecule has 0 aromatic carbocycles. The van der Waals surface area contributed by atoms with E-state index in [0.717, 1.165) is 6.42 Å². The number of nitrogens with zero attached hydrogens (tertiary/aromatic N) is 3. The van der Waals surface area contributed by atoms with E-state index in [4.69, 9.17) is 15.4 Å². The van der Waals surface area contributed by atoms with E-state index in [-0.39, 0.29) is 24.7 Å². The molecule has 1 heterocycles. The predicted octanol–water partition coefficient (Wildman–Crippen LogP) is 1.08. The zero-order valence-electron chi connectivity index (χ0n) is 7.05. The first-order valence-electron chi connectivity index (χ1n) is 4.05. The molecule has 0 aromatic heterocycles. The zero-order chi connectivity index (χ0) is 8.97. The molecule has 1 aliphatic heterocycles. The standard InChI is InChI=1S/C7H13N3O2/c1-5-2-6(3-9-10-8)7(4-11)12-5/h5-7,11H,2-4H2,1H3/t5-,6-,7+/m0/s1. The third-order valence-corrected chi connectivity index (χ3v) is 2.13. The fourth-order valence-corrected chi connectivity index (χ4v) is 1.57. The summed E-state index contributed by atoms with van der Waals surface area (Å²) >= 11 is 0. The molecule has 5 heteroatoms. The molecule has 0 aromatic rings. The summed E-state index contributed by atoms with van der Waals surface area (Å²) in [6.45, 7) is 2.39. The molecule has 68 valence electrons. The number of aliphatic hydroxyl groups is 1. The van der Waals surface area contributed by atoms with Crippen molar-refractivity contribution in [2.24, 2.45) is 11.0 Å². The van der Waals surface area contributed by atoms with Crippen LogP contribution in [-0.2, 0) is 4.74 Å². The Morgan fingerprint density at radius 3 is 3.08 bits per heavy atom. The lowest BCUT2D eigenvalue weighted by atomic mass is 10.0. The lowest BCUT2D eigenvalue weighted by Crippen LogP contribution is -2.22. The molecular formula is C7H13N3O2. The average molecular weight is 171 g/mol. The highest BCUT2D eigenvalue weighted by molar-refractivity contribution is 4.81. The van der Waals surface area contributed by atoms with Crippen LogP contribution in [-0.4, -0.2) is 30.5 Å². The van der Waals surface area contributed by atoms with E-state index in [1.165, 1.54) is 0 Å². The van der Waals surface area contributed by atoms with Gasteiger partial charge >= 0.3 is 0 Å². The van der Waals surface area contributed by atoms with Gasteiger partial charge in [0.15, 0.2) is 0 Å². The maximum Gasteiger partial charge on any atom is 0.0839 e. The van der Waals surface area contributed by atoms with Gasteiger partial charge < -0.3 is 9.84 Å². The highest BCUT2D eigenvalue weighted by Crippen LogP contribution is 2.26. The number of aliphatic hydroxyl groups excluding tert-OH is 1. The van der Waals surface area contributed by atoms with Gasteiger partial charge in [-0.05, 0) is 24.8 Å². The number of azide groups is 1. The Morgan fingerprint density at radius 2 is 2.50 bits per heavy atom. The van der Waals surface area contributed by atoms with Gasteiger partial charge in [0.1, 0.15) is 0 Å². The largest absolute Gasteiger partial charge is 0.394 e. The molecule has 0 aliphatic carbocycles. The Morgan fingerprint density at radius 1 is 1.75 bits per heavy atom. The Bertz CT molecular complexity index is 191. The van der Waals surface area contributed by atoms with E-state index < -0.39 is 0 Å². The van der Waals surface area contributed by atoms with Crippen molar-refractivity contribution >= 4 is 0 Å². The first-order chi connectivity index (χ1) is 5.77. The van der Waals surface area contributed by atoms with E-state index in [0.29, 0.717) is 6.54 Å². The van der Waals surface area contributed by atoms with Crippen LogP contribution < -0.4 is 0 Å². The van der Waals surface area contributed by atoms with Gasteiger partial charge in [0.05, 0.1) is 18.8 Å². The van der Waals surface area contributed by atoms with Crippen LogP contribution in [0.1, 0.15) is 13.3 Å². The molecule has 0 saturated carbocycles. The molecule has 1 N–H and O–H groups in total. The monoisotopic (exact) mass is 171 g/mol. The molecule has 1 aliphatic rings. The average Bonchev–Trinajstić information content (AvgIpc) is 2.42. The van der Waals surface area contributed by atoms with E-state index in [1.807, 2.05) is 6.92 Å². The van der Waals surface area contributed by atoms with Crippen molar-refractivity contribution in [3.05, 3.63) is 10.4 Å². The van der Waals surface area contributed by atoms with Crippen LogP contribution >= 0.6 is 0 Å². The lowest BCUT2D eigenvalue weighted by Gasteiger charge is -2.12. The summed E-state index contributed by atoms with van der Waals surface area (Å²) in [7, 11) is 0. The summed E-state index contributed by atoms with van der Waals surface area (Å²) in [5.41, 5.74) is 8.11. The first kappa shape index (κ1) is 9.32. The van der Waals surface area contributed by atoms with Crippen LogP contribution in [0.3, 0.4) is 0 Å². The molecule has 5 nitrogen and oxygen atoms in total. The minimum atomic E-state index is -0.148. The fourth-order valence-electron chi connectivity index (χ4n) is 1.57. The Labute approximate surface area is 71.0 Å². The highest BCUT2D eigenvalue weighted by atomic mass is 16.5. The Balaban J connectivity index is 2.45. The van der Waals surface area contributed by atoms with Crippen LogP contribution in [0.4, 0.5) is 0 Å². The van der Waals surface area contributed by atoms with Crippen molar-refractivity contribution in [3.63, 3.8) is 0 Å². The Hall–Kier alpha value is -0.770. The molecule has 0 radical (unpaired) electrons. The van der Waals surface area contributed by atoms with E-state index >= 15 is 0 Å². The summed E-state index contributed by atoms with van der Waals surface area (Å²) in [4.78, 5) is 2.68. The summed E-state index contributed by atoms with van der Waals surface area (Å²) in [6, 6.07) is 0. The molecule has 1 fully saturated rings. The van der Waals surface area contributed by atoms with Gasteiger partial charge in [-0.3, -0.25) is 0 Å². The number of rotatable bonds is 3. The van der Waals surface area contributed by atoms with Crippen LogP contribution in [0.15, 0.2) is 5.11 Å². The van der Waals surface area contributed by atoms with Gasteiger partial charge in [-0.2, -0.15) is 0 Å². The van der Waals surface area contributed by atoms with E-state index in [1.54, 1.807) is 0 Å². The van der Waals surface area contributed by atoms with E-state index in [9.17, 15) is 0 Å². The smallest absolute Gasteiger partial charge is 0.0839 e. The summed E-state index contributed by atoms with van der Waals surface area (Å²) in [5.74, 6) is 0.181. The molecule has 0 spiro atoms. The van der Waals surface area contributed by atoms with Crippen LogP contribution in [0.5, 0.6) is 0 Å². The Kier molecular flexibility index (Phi) is 3.34. The SMILES string of the molecule is C[C@H]1C[C@@H](CN=[N+]=[N-])[C@@H](CO)O1. The van der Waals surface area contributed by atoms with Crippen molar-refractivity contribution in [3.8, 4) is 0 Å². The maximum absolute atomic E-state index is 8.89. The van der Waals surface area contributed by atoms with Crippen molar-refractivity contribution in [1.29, 1.82) is 0 Å². The summed E-state index contributed by atoms with van der Waals surface area (Å²) in [6.07, 6.45) is 0.885. The highest BCUT2D eigenvalue weighted by Gasteiger charge is 2.31. The third kappa shape index (κ3) is 2.11. The topological polar surface area (TPSA) is 78.2 Å². The van der Waals surface area contributed by atoms with Crippen molar-refractivity contribution in [2.45, 2.75) is 25.6 Å². The van der Waals surface area contributed by atoms with Crippen LogP contribution in [0, 0.1) is 5.92 Å². The minimum absolute atomic E-state index is 0.00988. The van der Waals surface area contributed by atoms with Gasteiger partial charge in [0, 0.05) is 11.5 Å². The summed E-state index contributed by atoms with van der Waals surface area (Å²) in [5, 5.41) is 12.4. The number of hydrogen-bond acceptors (Lipinski definition) is 3. The maximum atomic E-state index is 8.89. The second-order valence-corrected chi connectivity index (χ2v) is 3.08. The number of ether oxygens (including phenoxy) is 1. The van der Waals surface area contributed by atoms with Crippen molar-refractivity contribution in [2.75, 3.05) is 13.2 Å². The van der Waals surface area contributed by atoms with Gasteiger partial charge in [0.2, 0.25) is 0 Å². The molecule has 1 saturated heterocycles. The van der Waals surface area contributed by atoms with Gasteiger partial charge in [0.25, 0.3) is 0 Å². The molecule has 0 amide bonds. The second-order valence-electron chi connectivity index (χ2n) is 3.08. The molecule has 0 bridgehead atoms. The zero-order valence-corrected chi connectivity index (χ0v) is 7.05. The third-order valence-electron chi connectivity index (χ3n) is 2.13. The van der Waals surface area contributed by atoms with Crippen LogP contribution in [0.2, 0.25) is 0 Å². The van der Waals surface area contributed by atoms with Crippen LogP contribution in [0.25, 0.3) is 10.4 Å². The van der Waals surface area contributed by atoms with Gasteiger partial charge in [-0.25, -0.2) is 0 Å². The first-order valence-corrected chi connectivity index (χ1v) is 4.05. The molecule has 3 atom stereocenters. The van der Waals surface area contributed by atoms with Gasteiger partial charge in [-0.1, -0.05) is 5.11 Å². The quantitative estimate of drug-likeness (QED) is 0.392. The van der Waals surface area contributed by atoms with Gasteiger partial charge in [-0.15, -0.1) is 0 Å². The molecule has 12 heavy (non-hydrogen) atoms. The lowest BCUT2D eigenvalue weighted by molar-refractivity contribution is 0.00775. The number of hydrogen-bond donors (Lipinski definition) is 1. The van der Waals surface area contributed by atoms with Crippen molar-refractivity contribution < 1.29 is 9.84 Å². The molecular weight excluding hydrogens is 158 g/mol. The second kappa shape index (κ2) is 4.30. The molecule has 0 unspecified atom stereocenters.